The Bertz CT molecular complexity index is 901. The van der Waals surface area contributed by atoms with Crippen LogP contribution in [0.15, 0.2) is 36.4 Å². The maximum atomic E-state index is 12.9. The third-order valence-corrected chi connectivity index (χ3v) is 5.58. The molecule has 27 heavy (non-hydrogen) atoms. The van der Waals surface area contributed by atoms with Crippen LogP contribution in [-0.4, -0.2) is 40.4 Å². The van der Waals surface area contributed by atoms with Gasteiger partial charge in [-0.1, -0.05) is 11.6 Å². The third-order valence-electron chi connectivity index (χ3n) is 4.37. The molecule has 3 rings (SSSR count). The predicted molar refractivity (Wildman–Crippen MR) is 101 cm³/mol. The number of nitrogens with zero attached hydrogens (tertiary/aromatic N) is 3. The fourth-order valence-corrected chi connectivity index (χ4v) is 4.10. The second-order valence-electron chi connectivity index (χ2n) is 6.45. The number of benzene rings is 1. The van der Waals surface area contributed by atoms with Crippen LogP contribution in [0.5, 0.6) is 0 Å². The molecule has 0 unspecified atom stereocenters. The average molecular weight is 409 g/mol. The summed E-state index contributed by atoms with van der Waals surface area (Å²) in [6, 6.07) is 8.79. The van der Waals surface area contributed by atoms with Gasteiger partial charge in [0.2, 0.25) is 0 Å². The molecular weight excluding hydrogens is 392 g/mol. The lowest BCUT2D eigenvalue weighted by molar-refractivity contribution is -0.384. The molecule has 0 aliphatic carbocycles. The molecule has 10 heteroatoms. The number of carbonyl (C=O) groups is 2. The van der Waals surface area contributed by atoms with Crippen molar-refractivity contribution < 1.29 is 14.5 Å². The molecule has 0 spiro atoms. The highest BCUT2D eigenvalue weighted by molar-refractivity contribution is 7.16. The lowest BCUT2D eigenvalue weighted by Gasteiger charge is -2.24. The molecule has 1 aromatic carbocycles. The highest BCUT2D eigenvalue weighted by Crippen LogP contribution is 2.30. The van der Waals surface area contributed by atoms with Crippen molar-refractivity contribution in [3.63, 3.8) is 0 Å². The van der Waals surface area contributed by atoms with E-state index in [1.165, 1.54) is 35.6 Å². The maximum Gasteiger partial charge on any atom is 0.326 e. The molecule has 1 fully saturated rings. The van der Waals surface area contributed by atoms with Gasteiger partial charge in [0, 0.05) is 23.6 Å². The zero-order valence-electron chi connectivity index (χ0n) is 14.6. The first kappa shape index (κ1) is 19.3. The zero-order valence-corrected chi connectivity index (χ0v) is 16.2. The Hall–Kier alpha value is -2.49. The second kappa shape index (κ2) is 7.26. The van der Waals surface area contributed by atoms with Gasteiger partial charge in [0.15, 0.2) is 0 Å². The number of nitro benzene ring substituents is 1. The van der Waals surface area contributed by atoms with Crippen LogP contribution in [0.3, 0.4) is 0 Å². The van der Waals surface area contributed by atoms with Crippen molar-refractivity contribution in [2.75, 3.05) is 13.7 Å². The molecule has 0 radical (unpaired) electrons. The van der Waals surface area contributed by atoms with Gasteiger partial charge < -0.3 is 5.32 Å². The van der Waals surface area contributed by atoms with E-state index in [0.29, 0.717) is 16.4 Å². The highest BCUT2D eigenvalue weighted by atomic mass is 35.5. The molecule has 1 atom stereocenters. The fourth-order valence-electron chi connectivity index (χ4n) is 2.93. The Morgan fingerprint density at radius 2 is 1.93 bits per heavy atom. The molecule has 2 heterocycles. The number of thiophene rings is 1. The van der Waals surface area contributed by atoms with Gasteiger partial charge in [-0.05, 0) is 43.8 Å². The molecule has 2 aromatic rings. The minimum absolute atomic E-state index is 0.0784. The number of amides is 3. The summed E-state index contributed by atoms with van der Waals surface area (Å²) in [7, 11) is 1.80. The minimum Gasteiger partial charge on any atom is -0.319 e. The van der Waals surface area contributed by atoms with Crippen LogP contribution < -0.4 is 5.32 Å². The molecular formula is C17H17ClN4O4S. The maximum absolute atomic E-state index is 12.9. The summed E-state index contributed by atoms with van der Waals surface area (Å²) < 4.78 is 0.680. The van der Waals surface area contributed by atoms with Crippen molar-refractivity contribution in [2.24, 2.45) is 0 Å². The van der Waals surface area contributed by atoms with E-state index in [9.17, 15) is 19.7 Å². The number of urea groups is 1. The van der Waals surface area contributed by atoms with Crippen molar-refractivity contribution in [1.82, 2.24) is 15.1 Å². The van der Waals surface area contributed by atoms with Crippen molar-refractivity contribution >= 4 is 40.6 Å². The van der Waals surface area contributed by atoms with Gasteiger partial charge in [-0.3, -0.25) is 19.8 Å². The van der Waals surface area contributed by atoms with Crippen molar-refractivity contribution in [1.29, 1.82) is 0 Å². The smallest absolute Gasteiger partial charge is 0.319 e. The fraction of sp³-hybridized carbons (Fsp3) is 0.294. The van der Waals surface area contributed by atoms with E-state index in [1.807, 2.05) is 11.0 Å². The zero-order chi connectivity index (χ0) is 19.8. The lowest BCUT2D eigenvalue weighted by atomic mass is 9.92. The Labute approximate surface area is 164 Å². The van der Waals surface area contributed by atoms with Crippen LogP contribution in [0, 0.1) is 10.1 Å². The van der Waals surface area contributed by atoms with Crippen LogP contribution in [0.2, 0.25) is 4.34 Å². The van der Waals surface area contributed by atoms with Crippen molar-refractivity contribution in [3.8, 4) is 0 Å². The lowest BCUT2D eigenvalue weighted by Crippen LogP contribution is -2.42. The summed E-state index contributed by atoms with van der Waals surface area (Å²) in [4.78, 5) is 39.6. The molecule has 142 valence electrons. The van der Waals surface area contributed by atoms with E-state index in [4.69, 9.17) is 11.6 Å². The van der Waals surface area contributed by atoms with Gasteiger partial charge in [-0.15, -0.1) is 11.3 Å². The molecule has 1 aliphatic rings. The standard InChI is InChI=1S/C17H17ClN4O4S/c1-17(11-3-5-12(6-4-11)22(25)26)15(23)21(16(24)19-17)10-20(2)9-13-7-8-14(18)27-13/h3-8H,9-10H2,1-2H3,(H,19,24)/t17-/m0/s1. The van der Waals surface area contributed by atoms with Crippen LogP contribution in [0.4, 0.5) is 10.5 Å². The van der Waals surface area contributed by atoms with E-state index >= 15 is 0 Å². The number of carbonyl (C=O) groups excluding carboxylic acids is 2. The number of rotatable bonds is 6. The molecule has 0 bridgehead atoms. The van der Waals surface area contributed by atoms with Gasteiger partial charge in [0.05, 0.1) is 15.9 Å². The Kier molecular flexibility index (Phi) is 5.18. The number of halogens is 1. The van der Waals surface area contributed by atoms with E-state index in [-0.39, 0.29) is 12.4 Å². The largest absolute Gasteiger partial charge is 0.326 e. The Morgan fingerprint density at radius 1 is 1.26 bits per heavy atom. The van der Waals surface area contributed by atoms with Crippen LogP contribution in [0.1, 0.15) is 17.4 Å². The number of hydrogen-bond donors (Lipinski definition) is 1. The van der Waals surface area contributed by atoms with Crippen LogP contribution >= 0.6 is 22.9 Å². The SMILES string of the molecule is CN(Cc1ccc(Cl)s1)CN1C(=O)N[C@@](C)(c2ccc([N+](=O)[O-])cc2)C1=O. The molecule has 1 saturated heterocycles. The topological polar surface area (TPSA) is 95.8 Å². The molecule has 1 aromatic heterocycles. The van der Waals surface area contributed by atoms with Crippen LogP contribution in [0.25, 0.3) is 0 Å². The van der Waals surface area contributed by atoms with Crippen molar-refractivity contribution in [3.05, 3.63) is 61.3 Å². The first-order valence-corrected chi connectivity index (χ1v) is 9.22. The van der Waals surface area contributed by atoms with Crippen LogP contribution in [-0.2, 0) is 16.9 Å². The number of nitrogens with one attached hydrogen (secondary N) is 1. The van der Waals surface area contributed by atoms with Gasteiger partial charge in [-0.25, -0.2) is 9.69 Å². The van der Waals surface area contributed by atoms with Crippen molar-refractivity contribution in [2.45, 2.75) is 19.0 Å². The highest BCUT2D eigenvalue weighted by Gasteiger charge is 2.49. The number of non-ortho nitro benzene ring substituents is 1. The molecule has 8 nitrogen and oxygen atoms in total. The normalized spacial score (nSPS) is 19.6. The Balaban J connectivity index is 1.74. The second-order valence-corrected chi connectivity index (χ2v) is 8.25. The average Bonchev–Trinajstić information content (AvgIpc) is 3.11. The number of nitro groups is 1. The van der Waals surface area contributed by atoms with Gasteiger partial charge in [0.25, 0.3) is 11.6 Å². The minimum atomic E-state index is -1.26. The summed E-state index contributed by atoms with van der Waals surface area (Å²) in [5, 5.41) is 13.5. The van der Waals surface area contributed by atoms with E-state index < -0.39 is 22.4 Å². The number of imide groups is 1. The monoisotopic (exact) mass is 408 g/mol. The molecule has 0 saturated carbocycles. The summed E-state index contributed by atoms with van der Waals surface area (Å²) in [5.41, 5.74) is -0.855. The first-order chi connectivity index (χ1) is 12.7. The molecule has 1 aliphatic heterocycles. The first-order valence-electron chi connectivity index (χ1n) is 8.02. The quantitative estimate of drug-likeness (QED) is 0.450. The van der Waals surface area contributed by atoms with Gasteiger partial charge >= 0.3 is 6.03 Å². The predicted octanol–water partition coefficient (Wildman–Crippen LogP) is 3.17. The summed E-state index contributed by atoms with van der Waals surface area (Å²) in [6.45, 7) is 2.25. The van der Waals surface area contributed by atoms with Gasteiger partial charge in [0.1, 0.15) is 5.54 Å². The number of hydrogen-bond acceptors (Lipinski definition) is 6. The molecule has 3 amide bonds. The summed E-state index contributed by atoms with van der Waals surface area (Å²) in [5.74, 6) is -0.405. The van der Waals surface area contributed by atoms with E-state index in [0.717, 1.165) is 9.78 Å². The summed E-state index contributed by atoms with van der Waals surface area (Å²) in [6.07, 6.45) is 0. The third kappa shape index (κ3) is 3.80. The molecule has 1 N–H and O–H groups in total. The Morgan fingerprint density at radius 3 is 2.48 bits per heavy atom. The van der Waals surface area contributed by atoms with Gasteiger partial charge in [-0.2, -0.15) is 0 Å². The summed E-state index contributed by atoms with van der Waals surface area (Å²) >= 11 is 7.37. The van der Waals surface area contributed by atoms with E-state index in [1.54, 1.807) is 20.0 Å². The van der Waals surface area contributed by atoms with E-state index in [2.05, 4.69) is 5.32 Å².